The summed E-state index contributed by atoms with van der Waals surface area (Å²) >= 11 is 3.23. The molecule has 7 heteroatoms. The van der Waals surface area contributed by atoms with E-state index < -0.39 is 30.8 Å². The maximum Gasteiger partial charge on any atom is 0.329 e. The molecule has 1 saturated heterocycles. The second-order valence-corrected chi connectivity index (χ2v) is 5.39. The van der Waals surface area contributed by atoms with Gasteiger partial charge in [0.15, 0.2) is 0 Å². The smallest absolute Gasteiger partial charge is 0.326 e. The van der Waals surface area contributed by atoms with Crippen LogP contribution in [-0.4, -0.2) is 35.7 Å². The summed E-state index contributed by atoms with van der Waals surface area (Å²) in [6, 6.07) is 4.46. The average Bonchev–Trinajstić information content (AvgIpc) is 2.51. The molecule has 0 saturated carbocycles. The van der Waals surface area contributed by atoms with Gasteiger partial charge in [-0.1, -0.05) is 15.9 Å². The van der Waals surface area contributed by atoms with Gasteiger partial charge in [0.05, 0.1) is 13.1 Å². The van der Waals surface area contributed by atoms with E-state index in [4.69, 9.17) is 0 Å². The van der Waals surface area contributed by atoms with Gasteiger partial charge in [0.1, 0.15) is 0 Å². The van der Waals surface area contributed by atoms with E-state index in [1.807, 2.05) is 0 Å². The first kappa shape index (κ1) is 14.3. The predicted molar refractivity (Wildman–Crippen MR) is 64.7 cm³/mol. The molecular formula is C12H10BrF4NO. The Morgan fingerprint density at radius 1 is 1.21 bits per heavy atom. The van der Waals surface area contributed by atoms with Crippen LogP contribution in [0.25, 0.3) is 0 Å². The summed E-state index contributed by atoms with van der Waals surface area (Å²) in [7, 11) is 0. The summed E-state index contributed by atoms with van der Waals surface area (Å²) in [5, 5.41) is 0. The van der Waals surface area contributed by atoms with Gasteiger partial charge in [-0.2, -0.15) is 17.6 Å². The highest BCUT2D eigenvalue weighted by Crippen LogP contribution is 2.41. The fourth-order valence-corrected chi connectivity index (χ4v) is 2.12. The molecule has 0 spiro atoms. The van der Waals surface area contributed by atoms with Crippen molar-refractivity contribution in [1.82, 2.24) is 4.90 Å². The van der Waals surface area contributed by atoms with Crippen molar-refractivity contribution in [2.45, 2.75) is 18.8 Å². The Labute approximate surface area is 115 Å². The molecule has 0 atom stereocenters. The van der Waals surface area contributed by atoms with Crippen LogP contribution < -0.4 is 0 Å². The van der Waals surface area contributed by atoms with Gasteiger partial charge in [0.25, 0.3) is 5.91 Å². The SMILES string of the molecule is Cc1cc(C(=O)N2CC(F)(F)C(F)(F)C2)ccc1Br. The summed E-state index contributed by atoms with van der Waals surface area (Å²) in [5.41, 5.74) is 0.845. The van der Waals surface area contributed by atoms with Crippen LogP contribution in [0.15, 0.2) is 22.7 Å². The number of halogens is 5. The molecule has 19 heavy (non-hydrogen) atoms. The lowest BCUT2D eigenvalue weighted by molar-refractivity contribution is -0.172. The zero-order valence-electron chi connectivity index (χ0n) is 9.89. The highest BCUT2D eigenvalue weighted by Gasteiger charge is 2.63. The van der Waals surface area contributed by atoms with Gasteiger partial charge in [-0.15, -0.1) is 0 Å². The number of carbonyl (C=O) groups is 1. The van der Waals surface area contributed by atoms with Gasteiger partial charge in [-0.25, -0.2) is 0 Å². The molecule has 1 fully saturated rings. The Bertz CT molecular complexity index is 516. The highest BCUT2D eigenvalue weighted by atomic mass is 79.9. The molecule has 1 aromatic rings. The van der Waals surface area contributed by atoms with Crippen molar-refractivity contribution < 1.29 is 22.4 Å². The minimum atomic E-state index is -4.17. The van der Waals surface area contributed by atoms with E-state index in [2.05, 4.69) is 15.9 Å². The van der Waals surface area contributed by atoms with Gasteiger partial charge in [-0.3, -0.25) is 4.79 Å². The summed E-state index contributed by atoms with van der Waals surface area (Å²) in [4.78, 5) is 12.4. The van der Waals surface area contributed by atoms with Crippen LogP contribution in [0.4, 0.5) is 17.6 Å². The number of carbonyl (C=O) groups excluding carboxylic acids is 1. The molecule has 2 rings (SSSR count). The van der Waals surface area contributed by atoms with Crippen LogP contribution in [-0.2, 0) is 0 Å². The maximum absolute atomic E-state index is 13.0. The van der Waals surface area contributed by atoms with E-state index in [-0.39, 0.29) is 5.56 Å². The normalized spacial score (nSPS) is 20.6. The Hall–Kier alpha value is -1.11. The van der Waals surface area contributed by atoms with E-state index in [1.165, 1.54) is 12.1 Å². The van der Waals surface area contributed by atoms with Crippen molar-refractivity contribution in [2.75, 3.05) is 13.1 Å². The molecule has 0 radical (unpaired) electrons. The van der Waals surface area contributed by atoms with E-state index in [9.17, 15) is 22.4 Å². The molecule has 1 heterocycles. The lowest BCUT2D eigenvalue weighted by atomic mass is 10.1. The zero-order valence-corrected chi connectivity index (χ0v) is 11.5. The van der Waals surface area contributed by atoms with Crippen LogP contribution in [0.1, 0.15) is 15.9 Å². The lowest BCUT2D eigenvalue weighted by Crippen LogP contribution is -2.38. The molecule has 1 aromatic carbocycles. The van der Waals surface area contributed by atoms with Crippen molar-refractivity contribution in [3.63, 3.8) is 0 Å². The number of hydrogen-bond acceptors (Lipinski definition) is 1. The third kappa shape index (κ3) is 2.48. The highest BCUT2D eigenvalue weighted by molar-refractivity contribution is 9.10. The second kappa shape index (κ2) is 4.47. The Morgan fingerprint density at radius 3 is 2.21 bits per heavy atom. The minimum Gasteiger partial charge on any atom is -0.326 e. The first-order valence-corrected chi connectivity index (χ1v) is 6.24. The number of nitrogens with zero attached hydrogens (tertiary/aromatic N) is 1. The van der Waals surface area contributed by atoms with Crippen LogP contribution in [0.2, 0.25) is 0 Å². The molecule has 0 unspecified atom stereocenters. The van der Waals surface area contributed by atoms with Crippen molar-refractivity contribution in [3.8, 4) is 0 Å². The van der Waals surface area contributed by atoms with Crippen molar-refractivity contribution in [3.05, 3.63) is 33.8 Å². The molecule has 0 N–H and O–H groups in total. The summed E-state index contributed by atoms with van der Waals surface area (Å²) in [6.45, 7) is -0.796. The number of aryl methyl sites for hydroxylation is 1. The molecule has 0 aromatic heterocycles. The summed E-state index contributed by atoms with van der Waals surface area (Å²) < 4.78 is 52.9. The number of alkyl halides is 4. The summed E-state index contributed by atoms with van der Waals surface area (Å²) in [5.74, 6) is -9.16. The lowest BCUT2D eigenvalue weighted by Gasteiger charge is -2.15. The molecule has 1 amide bonds. The number of benzene rings is 1. The quantitative estimate of drug-likeness (QED) is 0.717. The standard InChI is InChI=1S/C12H10BrF4NO/c1-7-4-8(2-3-9(7)13)10(19)18-5-11(14,15)12(16,17)6-18/h2-4H,5-6H2,1H3. The van der Waals surface area contributed by atoms with E-state index in [0.29, 0.717) is 4.90 Å². The Balaban J connectivity index is 2.24. The Kier molecular flexibility index (Phi) is 3.36. The predicted octanol–water partition coefficient (Wildman–Crippen LogP) is 3.48. The maximum atomic E-state index is 13.0. The van der Waals surface area contributed by atoms with E-state index in [0.717, 1.165) is 10.0 Å². The van der Waals surface area contributed by atoms with Gasteiger partial charge >= 0.3 is 11.8 Å². The van der Waals surface area contributed by atoms with Crippen molar-refractivity contribution in [1.29, 1.82) is 0 Å². The summed E-state index contributed by atoms with van der Waals surface area (Å²) in [6.07, 6.45) is 0. The second-order valence-electron chi connectivity index (χ2n) is 4.53. The Morgan fingerprint density at radius 2 is 1.74 bits per heavy atom. The van der Waals surface area contributed by atoms with Crippen molar-refractivity contribution in [2.24, 2.45) is 0 Å². The first-order valence-electron chi connectivity index (χ1n) is 5.45. The fourth-order valence-electron chi connectivity index (χ4n) is 1.87. The third-order valence-electron chi connectivity index (χ3n) is 3.01. The van der Waals surface area contributed by atoms with Crippen LogP contribution in [0.5, 0.6) is 0 Å². The minimum absolute atomic E-state index is 0.120. The number of rotatable bonds is 1. The molecule has 0 bridgehead atoms. The monoisotopic (exact) mass is 339 g/mol. The average molecular weight is 340 g/mol. The number of amides is 1. The van der Waals surface area contributed by atoms with E-state index in [1.54, 1.807) is 13.0 Å². The van der Waals surface area contributed by atoms with Crippen LogP contribution >= 0.6 is 15.9 Å². The third-order valence-corrected chi connectivity index (χ3v) is 3.90. The van der Waals surface area contributed by atoms with Crippen LogP contribution in [0.3, 0.4) is 0 Å². The first-order chi connectivity index (χ1) is 8.64. The van der Waals surface area contributed by atoms with E-state index >= 15 is 0 Å². The molecular weight excluding hydrogens is 330 g/mol. The molecule has 1 aliphatic rings. The molecule has 104 valence electrons. The van der Waals surface area contributed by atoms with Gasteiger partial charge in [0, 0.05) is 10.0 Å². The van der Waals surface area contributed by atoms with Gasteiger partial charge < -0.3 is 4.90 Å². The topological polar surface area (TPSA) is 20.3 Å². The number of hydrogen-bond donors (Lipinski definition) is 0. The van der Waals surface area contributed by atoms with Gasteiger partial charge in [0.2, 0.25) is 0 Å². The largest absolute Gasteiger partial charge is 0.329 e. The molecule has 1 aliphatic heterocycles. The van der Waals surface area contributed by atoms with Crippen LogP contribution in [0, 0.1) is 6.92 Å². The number of likely N-dealkylation sites (tertiary alicyclic amines) is 1. The molecule has 2 nitrogen and oxygen atoms in total. The molecule has 0 aliphatic carbocycles. The van der Waals surface area contributed by atoms with Crippen molar-refractivity contribution >= 4 is 21.8 Å². The van der Waals surface area contributed by atoms with Gasteiger partial charge in [-0.05, 0) is 30.7 Å². The zero-order chi connectivity index (χ0) is 14.4. The fraction of sp³-hybridized carbons (Fsp3) is 0.417.